The van der Waals surface area contributed by atoms with Crippen molar-refractivity contribution in [3.8, 4) is 0 Å². The molecule has 0 amide bonds. The lowest BCUT2D eigenvalue weighted by atomic mass is 10.0. The standard InChI is InChI=1S/C21H18F6N4O2/c1-9(10-4-3-5-11(17(10)22)18(23)24)28-19-13-8-31(15-7-14(15)21(25,26)27)16(32)6-12(13)20(33)30(2)29-19/h3-6,8-9,14-15,18H,7H2,1-2H3,(H,28,29)/t9-,14+,15+/m1/s1. The van der Waals surface area contributed by atoms with Crippen molar-refractivity contribution in [2.45, 2.75) is 38.0 Å². The highest BCUT2D eigenvalue weighted by Gasteiger charge is 2.57. The largest absolute Gasteiger partial charge is 0.393 e. The average Bonchev–Trinajstić information content (AvgIpc) is 3.52. The number of rotatable bonds is 5. The summed E-state index contributed by atoms with van der Waals surface area (Å²) in [5.41, 5.74) is -2.29. The molecule has 3 aromatic rings. The number of nitrogens with zero attached hydrogens (tertiary/aromatic N) is 3. The highest BCUT2D eigenvalue weighted by atomic mass is 19.4. The van der Waals surface area contributed by atoms with Crippen molar-refractivity contribution in [1.82, 2.24) is 14.3 Å². The van der Waals surface area contributed by atoms with Gasteiger partial charge in [-0.15, -0.1) is 0 Å². The summed E-state index contributed by atoms with van der Waals surface area (Å²) in [6.45, 7) is 1.48. The Morgan fingerprint density at radius 3 is 2.42 bits per heavy atom. The minimum absolute atomic E-state index is 0.0144. The minimum atomic E-state index is -4.47. The number of benzene rings is 1. The summed E-state index contributed by atoms with van der Waals surface area (Å²) < 4.78 is 81.6. The molecule has 1 saturated carbocycles. The number of aryl methyl sites for hydroxylation is 1. The summed E-state index contributed by atoms with van der Waals surface area (Å²) in [5, 5.41) is 6.86. The molecule has 2 aromatic heterocycles. The van der Waals surface area contributed by atoms with Gasteiger partial charge < -0.3 is 9.88 Å². The second-order valence-corrected chi connectivity index (χ2v) is 7.99. The lowest BCUT2D eigenvalue weighted by molar-refractivity contribution is -0.150. The molecule has 0 radical (unpaired) electrons. The molecule has 1 aromatic carbocycles. The fraction of sp³-hybridized carbons (Fsp3) is 0.381. The van der Waals surface area contributed by atoms with Gasteiger partial charge >= 0.3 is 6.18 Å². The van der Waals surface area contributed by atoms with Gasteiger partial charge in [0.2, 0.25) is 0 Å². The zero-order valence-electron chi connectivity index (χ0n) is 17.3. The summed E-state index contributed by atoms with van der Waals surface area (Å²) in [6.07, 6.45) is -6.63. The molecule has 3 atom stereocenters. The maximum Gasteiger partial charge on any atom is 0.393 e. The number of hydrogen-bond acceptors (Lipinski definition) is 4. The third-order valence-electron chi connectivity index (χ3n) is 5.76. The molecule has 12 heteroatoms. The van der Waals surface area contributed by atoms with E-state index in [4.69, 9.17) is 0 Å². The Balaban J connectivity index is 1.79. The van der Waals surface area contributed by atoms with E-state index < -0.39 is 53.1 Å². The van der Waals surface area contributed by atoms with Gasteiger partial charge in [-0.3, -0.25) is 9.59 Å². The van der Waals surface area contributed by atoms with Crippen LogP contribution >= 0.6 is 0 Å². The number of pyridine rings is 1. The van der Waals surface area contributed by atoms with Crippen LogP contribution in [0.25, 0.3) is 10.8 Å². The molecule has 1 fully saturated rings. The topological polar surface area (TPSA) is 68.9 Å². The quantitative estimate of drug-likeness (QED) is 0.557. The van der Waals surface area contributed by atoms with Crippen molar-refractivity contribution in [3.05, 3.63) is 68.1 Å². The SMILES string of the molecule is C[C@@H](Nc1nn(C)c(=O)c2cc(=O)n([C@H]3C[C@@H]3C(F)(F)F)cc12)c1cccc(C(F)F)c1F. The number of hydrogen-bond donors (Lipinski definition) is 1. The molecule has 33 heavy (non-hydrogen) atoms. The zero-order valence-corrected chi connectivity index (χ0v) is 17.3. The Hall–Kier alpha value is -3.31. The summed E-state index contributed by atoms with van der Waals surface area (Å²) in [7, 11) is 1.31. The van der Waals surface area contributed by atoms with Crippen LogP contribution in [0.15, 0.2) is 40.1 Å². The van der Waals surface area contributed by atoms with Crippen LogP contribution in [0.2, 0.25) is 0 Å². The molecule has 1 aliphatic rings. The van der Waals surface area contributed by atoms with Crippen LogP contribution in [-0.4, -0.2) is 20.5 Å². The second-order valence-electron chi connectivity index (χ2n) is 7.99. The van der Waals surface area contributed by atoms with E-state index in [1.165, 1.54) is 26.1 Å². The molecule has 1 N–H and O–H groups in total. The monoisotopic (exact) mass is 472 g/mol. The Bertz CT molecular complexity index is 1350. The number of alkyl halides is 5. The highest BCUT2D eigenvalue weighted by molar-refractivity contribution is 5.90. The first-order valence-corrected chi connectivity index (χ1v) is 9.93. The molecule has 176 valence electrons. The Kier molecular flexibility index (Phi) is 5.49. The van der Waals surface area contributed by atoms with E-state index in [0.29, 0.717) is 0 Å². The van der Waals surface area contributed by atoms with Gasteiger partial charge in [0.1, 0.15) is 5.82 Å². The van der Waals surface area contributed by atoms with E-state index in [1.54, 1.807) is 0 Å². The molecule has 1 aliphatic carbocycles. The zero-order chi connectivity index (χ0) is 24.2. The second kappa shape index (κ2) is 7.92. The van der Waals surface area contributed by atoms with Crippen LogP contribution in [0.1, 0.15) is 43.0 Å². The molecule has 0 unspecified atom stereocenters. The number of fused-ring (bicyclic) bond motifs is 1. The van der Waals surface area contributed by atoms with Crippen molar-refractivity contribution in [2.24, 2.45) is 13.0 Å². The average molecular weight is 472 g/mol. The summed E-state index contributed by atoms with van der Waals surface area (Å²) in [6, 6.07) is 2.47. The predicted octanol–water partition coefficient (Wildman–Crippen LogP) is 4.47. The van der Waals surface area contributed by atoms with E-state index in [9.17, 15) is 35.9 Å². The first-order chi connectivity index (χ1) is 15.4. The van der Waals surface area contributed by atoms with Gasteiger partial charge in [0, 0.05) is 36.3 Å². The molecule has 0 aliphatic heterocycles. The number of anilines is 1. The molecule has 2 heterocycles. The maximum atomic E-state index is 14.6. The minimum Gasteiger partial charge on any atom is -0.361 e. The van der Waals surface area contributed by atoms with Crippen LogP contribution in [0.5, 0.6) is 0 Å². The first kappa shape index (κ1) is 22.9. The van der Waals surface area contributed by atoms with Crippen LogP contribution in [0.4, 0.5) is 32.2 Å². The third-order valence-corrected chi connectivity index (χ3v) is 5.76. The van der Waals surface area contributed by atoms with Gasteiger partial charge in [-0.2, -0.15) is 18.3 Å². The fourth-order valence-electron chi connectivity index (χ4n) is 3.90. The van der Waals surface area contributed by atoms with E-state index in [1.807, 2.05) is 0 Å². The molecule has 0 bridgehead atoms. The van der Waals surface area contributed by atoms with E-state index in [0.717, 1.165) is 27.6 Å². The number of aromatic nitrogens is 3. The Labute approximate surface area is 182 Å². The van der Waals surface area contributed by atoms with Gasteiger partial charge in [0.25, 0.3) is 17.5 Å². The van der Waals surface area contributed by atoms with Crippen molar-refractivity contribution in [1.29, 1.82) is 0 Å². The molecule has 4 rings (SSSR count). The first-order valence-electron chi connectivity index (χ1n) is 9.93. The van der Waals surface area contributed by atoms with Crippen molar-refractivity contribution in [3.63, 3.8) is 0 Å². The maximum absolute atomic E-state index is 14.6. The summed E-state index contributed by atoms with van der Waals surface area (Å²) >= 11 is 0. The van der Waals surface area contributed by atoms with E-state index in [-0.39, 0.29) is 28.6 Å². The van der Waals surface area contributed by atoms with Crippen LogP contribution in [0.3, 0.4) is 0 Å². The number of nitrogens with one attached hydrogen (secondary N) is 1. The van der Waals surface area contributed by atoms with Crippen molar-refractivity contribution in [2.75, 3.05) is 5.32 Å². The molecule has 6 nitrogen and oxygen atoms in total. The predicted molar refractivity (Wildman–Crippen MR) is 108 cm³/mol. The molecular weight excluding hydrogens is 454 g/mol. The van der Waals surface area contributed by atoms with Crippen LogP contribution in [-0.2, 0) is 7.05 Å². The van der Waals surface area contributed by atoms with Crippen molar-refractivity contribution < 1.29 is 26.3 Å². The summed E-state index contributed by atoms with van der Waals surface area (Å²) in [4.78, 5) is 24.9. The van der Waals surface area contributed by atoms with E-state index >= 15 is 0 Å². The Morgan fingerprint density at radius 2 is 1.82 bits per heavy atom. The van der Waals surface area contributed by atoms with Gasteiger partial charge in [-0.1, -0.05) is 18.2 Å². The van der Waals surface area contributed by atoms with E-state index in [2.05, 4.69) is 10.4 Å². The highest BCUT2D eigenvalue weighted by Crippen LogP contribution is 2.52. The number of halogens is 6. The van der Waals surface area contributed by atoms with Crippen LogP contribution < -0.4 is 16.4 Å². The van der Waals surface area contributed by atoms with Crippen molar-refractivity contribution >= 4 is 16.6 Å². The molecule has 0 saturated heterocycles. The molecular formula is C21H18F6N4O2. The lowest BCUT2D eigenvalue weighted by Gasteiger charge is -2.19. The van der Waals surface area contributed by atoms with Gasteiger partial charge in [-0.05, 0) is 13.3 Å². The molecule has 0 spiro atoms. The smallest absolute Gasteiger partial charge is 0.361 e. The van der Waals surface area contributed by atoms with Gasteiger partial charge in [-0.25, -0.2) is 17.9 Å². The van der Waals surface area contributed by atoms with Crippen LogP contribution in [0, 0.1) is 11.7 Å². The van der Waals surface area contributed by atoms with Gasteiger partial charge in [0.15, 0.2) is 5.82 Å². The third kappa shape index (κ3) is 4.09. The lowest BCUT2D eigenvalue weighted by Crippen LogP contribution is -2.27. The Morgan fingerprint density at radius 1 is 1.15 bits per heavy atom. The normalized spacial score (nSPS) is 19.2. The van der Waals surface area contributed by atoms with Gasteiger partial charge in [0.05, 0.1) is 22.9 Å². The fourth-order valence-corrected chi connectivity index (χ4v) is 3.90. The summed E-state index contributed by atoms with van der Waals surface area (Å²) in [5.74, 6) is -2.79.